The summed E-state index contributed by atoms with van der Waals surface area (Å²) in [6.45, 7) is 0.735. The van der Waals surface area contributed by atoms with E-state index in [0.29, 0.717) is 16.6 Å². The van der Waals surface area contributed by atoms with E-state index in [1.165, 1.54) is 6.33 Å². The summed E-state index contributed by atoms with van der Waals surface area (Å²) in [7, 11) is 1.69. The Kier molecular flexibility index (Phi) is 4.22. The summed E-state index contributed by atoms with van der Waals surface area (Å²) in [5, 5.41) is 0.524. The minimum atomic E-state index is -0.164. The third-order valence-corrected chi connectivity index (χ3v) is 3.68. The zero-order chi connectivity index (χ0) is 13.0. The molecule has 0 aliphatic rings. The van der Waals surface area contributed by atoms with Gasteiger partial charge in [0.25, 0.3) is 5.56 Å². The van der Waals surface area contributed by atoms with E-state index in [0.717, 1.165) is 23.7 Å². The number of anilines is 1. The number of nitrogens with two attached hydrogens (primary N) is 1. The maximum absolute atomic E-state index is 11.6. The first-order valence-corrected chi connectivity index (χ1v) is 6.59. The van der Waals surface area contributed by atoms with Gasteiger partial charge < -0.3 is 15.5 Å². The summed E-state index contributed by atoms with van der Waals surface area (Å²) in [5.74, 6) is 0.923. The Morgan fingerprint density at radius 3 is 3.11 bits per heavy atom. The van der Waals surface area contributed by atoms with Gasteiger partial charge in [0.05, 0.1) is 17.2 Å². The largest absolute Gasteiger partial charge is 0.398 e. The molecule has 18 heavy (non-hydrogen) atoms. The lowest BCUT2D eigenvalue weighted by atomic mass is 10.2. The Morgan fingerprint density at radius 2 is 2.33 bits per heavy atom. The molecule has 2 aromatic rings. The summed E-state index contributed by atoms with van der Waals surface area (Å²) in [6.07, 6.45) is 2.36. The SMILES string of the molecule is COCCCSc1cc2nc[nH]c(=O)c2cc1N. The minimum Gasteiger partial charge on any atom is -0.398 e. The number of aromatic nitrogens is 2. The van der Waals surface area contributed by atoms with Crippen molar-refractivity contribution >= 4 is 28.4 Å². The highest BCUT2D eigenvalue weighted by atomic mass is 32.2. The molecule has 1 aromatic heterocycles. The van der Waals surface area contributed by atoms with Gasteiger partial charge in [-0.2, -0.15) is 0 Å². The van der Waals surface area contributed by atoms with Crippen LogP contribution in [0, 0.1) is 0 Å². The Morgan fingerprint density at radius 1 is 1.50 bits per heavy atom. The van der Waals surface area contributed by atoms with Crippen LogP contribution in [-0.2, 0) is 4.74 Å². The molecular formula is C12H15N3O2S. The first-order valence-electron chi connectivity index (χ1n) is 5.61. The second kappa shape index (κ2) is 5.88. The van der Waals surface area contributed by atoms with Gasteiger partial charge >= 0.3 is 0 Å². The molecule has 0 aliphatic heterocycles. The molecule has 3 N–H and O–H groups in total. The zero-order valence-corrected chi connectivity index (χ0v) is 10.9. The van der Waals surface area contributed by atoms with Crippen molar-refractivity contribution in [2.45, 2.75) is 11.3 Å². The van der Waals surface area contributed by atoms with Gasteiger partial charge in [-0.15, -0.1) is 11.8 Å². The molecule has 0 fully saturated rings. The third kappa shape index (κ3) is 2.83. The first kappa shape index (κ1) is 12.9. The van der Waals surface area contributed by atoms with Crippen LogP contribution < -0.4 is 11.3 Å². The van der Waals surface area contributed by atoms with Crippen molar-refractivity contribution in [3.05, 3.63) is 28.8 Å². The molecule has 6 heteroatoms. The zero-order valence-electron chi connectivity index (χ0n) is 10.1. The lowest BCUT2D eigenvalue weighted by Gasteiger charge is -2.06. The fraction of sp³-hybridized carbons (Fsp3) is 0.333. The summed E-state index contributed by atoms with van der Waals surface area (Å²) in [5.41, 5.74) is 7.06. The second-order valence-electron chi connectivity index (χ2n) is 3.83. The normalized spacial score (nSPS) is 10.9. The van der Waals surface area contributed by atoms with Crippen molar-refractivity contribution in [1.82, 2.24) is 9.97 Å². The molecule has 0 amide bonds. The Balaban J connectivity index is 2.24. The van der Waals surface area contributed by atoms with Crippen molar-refractivity contribution in [2.24, 2.45) is 0 Å². The molecule has 1 heterocycles. The third-order valence-electron chi connectivity index (χ3n) is 2.52. The fourth-order valence-electron chi connectivity index (χ4n) is 1.62. The highest BCUT2D eigenvalue weighted by molar-refractivity contribution is 7.99. The predicted octanol–water partition coefficient (Wildman–Crippen LogP) is 1.63. The lowest BCUT2D eigenvalue weighted by molar-refractivity contribution is 0.200. The number of hydrogen-bond donors (Lipinski definition) is 2. The van der Waals surface area contributed by atoms with Crippen LogP contribution >= 0.6 is 11.8 Å². The van der Waals surface area contributed by atoms with Crippen LogP contribution in [0.15, 0.2) is 28.2 Å². The van der Waals surface area contributed by atoms with Crippen LogP contribution in [0.5, 0.6) is 0 Å². The molecule has 0 spiro atoms. The average Bonchev–Trinajstić information content (AvgIpc) is 2.36. The minimum absolute atomic E-state index is 0.164. The molecule has 1 aromatic carbocycles. The summed E-state index contributed by atoms with van der Waals surface area (Å²) in [6, 6.07) is 3.54. The van der Waals surface area contributed by atoms with Crippen LogP contribution in [0.1, 0.15) is 6.42 Å². The number of rotatable bonds is 5. The molecule has 2 rings (SSSR count). The van der Waals surface area contributed by atoms with Crippen LogP contribution in [0.4, 0.5) is 5.69 Å². The standard InChI is InChI=1S/C12H15N3O2S/c1-17-3-2-4-18-11-6-10-8(5-9(11)13)12(16)15-7-14-10/h5-7H,2-4,13H2,1H3,(H,14,15,16). The van der Waals surface area contributed by atoms with Crippen LogP contribution in [0.3, 0.4) is 0 Å². The van der Waals surface area contributed by atoms with Crippen molar-refractivity contribution in [3.63, 3.8) is 0 Å². The van der Waals surface area contributed by atoms with Crippen molar-refractivity contribution in [3.8, 4) is 0 Å². The molecule has 0 radical (unpaired) electrons. The lowest BCUT2D eigenvalue weighted by Crippen LogP contribution is -2.07. The van der Waals surface area contributed by atoms with Crippen LogP contribution in [0.25, 0.3) is 10.9 Å². The molecule has 0 atom stereocenters. The van der Waals surface area contributed by atoms with E-state index < -0.39 is 0 Å². The van der Waals surface area contributed by atoms with E-state index >= 15 is 0 Å². The highest BCUT2D eigenvalue weighted by Crippen LogP contribution is 2.28. The van der Waals surface area contributed by atoms with E-state index in [1.807, 2.05) is 6.07 Å². The molecule has 0 saturated heterocycles. The summed E-state index contributed by atoms with van der Waals surface area (Å²) < 4.78 is 4.99. The molecule has 0 aliphatic carbocycles. The van der Waals surface area contributed by atoms with Gasteiger partial charge in [-0.1, -0.05) is 0 Å². The molecular weight excluding hydrogens is 250 g/mol. The second-order valence-corrected chi connectivity index (χ2v) is 4.97. The van der Waals surface area contributed by atoms with Gasteiger partial charge in [-0.3, -0.25) is 4.79 Å². The van der Waals surface area contributed by atoms with E-state index in [-0.39, 0.29) is 5.56 Å². The van der Waals surface area contributed by atoms with Crippen LogP contribution in [0.2, 0.25) is 0 Å². The Hall–Kier alpha value is -1.53. The number of fused-ring (bicyclic) bond motifs is 1. The number of hydrogen-bond acceptors (Lipinski definition) is 5. The molecule has 0 saturated carbocycles. The summed E-state index contributed by atoms with van der Waals surface area (Å²) >= 11 is 1.65. The van der Waals surface area contributed by atoms with Crippen molar-refractivity contribution in [1.29, 1.82) is 0 Å². The average molecular weight is 265 g/mol. The number of nitrogen functional groups attached to an aromatic ring is 1. The number of methoxy groups -OCH3 is 1. The Labute approximate surface area is 109 Å². The van der Waals surface area contributed by atoms with E-state index in [2.05, 4.69) is 9.97 Å². The quantitative estimate of drug-likeness (QED) is 0.488. The highest BCUT2D eigenvalue weighted by Gasteiger charge is 2.06. The maximum Gasteiger partial charge on any atom is 0.258 e. The van der Waals surface area contributed by atoms with Gasteiger partial charge in [-0.05, 0) is 18.6 Å². The van der Waals surface area contributed by atoms with Gasteiger partial charge in [-0.25, -0.2) is 4.98 Å². The van der Waals surface area contributed by atoms with E-state index in [9.17, 15) is 4.79 Å². The first-order chi connectivity index (χ1) is 8.72. The number of thioether (sulfide) groups is 1. The number of aromatic amines is 1. The number of nitrogens with zero attached hydrogens (tertiary/aromatic N) is 1. The molecule has 5 nitrogen and oxygen atoms in total. The maximum atomic E-state index is 11.6. The van der Waals surface area contributed by atoms with Crippen LogP contribution in [-0.4, -0.2) is 29.4 Å². The number of nitrogens with one attached hydrogen (secondary N) is 1. The van der Waals surface area contributed by atoms with Gasteiger partial charge in [0.15, 0.2) is 0 Å². The number of ether oxygens (including phenoxy) is 1. The van der Waals surface area contributed by atoms with Crippen molar-refractivity contribution < 1.29 is 4.74 Å². The summed E-state index contributed by atoms with van der Waals surface area (Å²) in [4.78, 5) is 19.2. The smallest absolute Gasteiger partial charge is 0.258 e. The van der Waals surface area contributed by atoms with E-state index in [4.69, 9.17) is 10.5 Å². The molecule has 0 bridgehead atoms. The monoisotopic (exact) mass is 265 g/mol. The van der Waals surface area contributed by atoms with Gasteiger partial charge in [0, 0.05) is 30.1 Å². The topological polar surface area (TPSA) is 81.0 Å². The molecule has 0 unspecified atom stereocenters. The number of benzene rings is 1. The predicted molar refractivity (Wildman–Crippen MR) is 74.0 cm³/mol. The fourth-order valence-corrected chi connectivity index (χ4v) is 2.53. The van der Waals surface area contributed by atoms with E-state index in [1.54, 1.807) is 24.9 Å². The molecule has 96 valence electrons. The van der Waals surface area contributed by atoms with Gasteiger partial charge in [0.1, 0.15) is 0 Å². The van der Waals surface area contributed by atoms with Crippen molar-refractivity contribution in [2.75, 3.05) is 25.2 Å². The Bertz CT molecular complexity index is 597. The van der Waals surface area contributed by atoms with Gasteiger partial charge in [0.2, 0.25) is 0 Å². The number of H-pyrrole nitrogens is 1.